The van der Waals surface area contributed by atoms with E-state index >= 15 is 0 Å². The Morgan fingerprint density at radius 2 is 1.67 bits per heavy atom. The summed E-state index contributed by atoms with van der Waals surface area (Å²) in [6.45, 7) is 2.85. The van der Waals surface area contributed by atoms with Crippen molar-refractivity contribution in [1.29, 1.82) is 0 Å². The highest BCUT2D eigenvalue weighted by Crippen LogP contribution is 2.33. The van der Waals surface area contributed by atoms with Crippen molar-refractivity contribution in [3.05, 3.63) is 89.7 Å². The van der Waals surface area contributed by atoms with Gasteiger partial charge in [0.25, 0.3) is 10.0 Å². The molecular formula is C32H38FN3O5S. The van der Waals surface area contributed by atoms with E-state index in [9.17, 15) is 22.4 Å². The van der Waals surface area contributed by atoms with Gasteiger partial charge >= 0.3 is 0 Å². The summed E-state index contributed by atoms with van der Waals surface area (Å²) in [5.74, 6) is -1.05. The van der Waals surface area contributed by atoms with Gasteiger partial charge < -0.3 is 15.0 Å². The Kier molecular flexibility index (Phi) is 10.2. The number of carbonyl (C=O) groups is 2. The van der Waals surface area contributed by atoms with Crippen LogP contribution in [0.2, 0.25) is 0 Å². The van der Waals surface area contributed by atoms with Gasteiger partial charge in [0, 0.05) is 12.6 Å². The third kappa shape index (κ3) is 7.47. The lowest BCUT2D eigenvalue weighted by Crippen LogP contribution is -2.53. The summed E-state index contributed by atoms with van der Waals surface area (Å²) in [6, 6.07) is 17.7. The molecule has 0 spiro atoms. The Morgan fingerprint density at radius 1 is 1.00 bits per heavy atom. The summed E-state index contributed by atoms with van der Waals surface area (Å²) < 4.78 is 48.2. The highest BCUT2D eigenvalue weighted by molar-refractivity contribution is 7.92. The number of anilines is 1. The van der Waals surface area contributed by atoms with E-state index in [-0.39, 0.29) is 34.8 Å². The molecule has 224 valence electrons. The molecule has 0 bridgehead atoms. The van der Waals surface area contributed by atoms with Crippen molar-refractivity contribution in [2.75, 3.05) is 18.0 Å². The summed E-state index contributed by atoms with van der Waals surface area (Å²) in [5, 5.41) is 3.07. The fourth-order valence-corrected chi connectivity index (χ4v) is 6.60. The van der Waals surface area contributed by atoms with Crippen molar-refractivity contribution >= 4 is 27.5 Å². The quantitative estimate of drug-likeness (QED) is 0.329. The normalized spacial score (nSPS) is 14.6. The van der Waals surface area contributed by atoms with Gasteiger partial charge in [0.15, 0.2) is 0 Å². The molecule has 0 heterocycles. The number of aryl methyl sites for hydroxylation is 1. The monoisotopic (exact) mass is 595 g/mol. The molecule has 8 nitrogen and oxygen atoms in total. The maximum atomic E-state index is 14.1. The first-order valence-electron chi connectivity index (χ1n) is 14.2. The van der Waals surface area contributed by atoms with Gasteiger partial charge in [-0.15, -0.1) is 0 Å². The number of hydrogen-bond acceptors (Lipinski definition) is 5. The smallest absolute Gasteiger partial charge is 0.264 e. The van der Waals surface area contributed by atoms with Gasteiger partial charge in [-0.1, -0.05) is 55.7 Å². The van der Waals surface area contributed by atoms with Gasteiger partial charge in [-0.3, -0.25) is 13.9 Å². The van der Waals surface area contributed by atoms with Crippen LogP contribution in [0.25, 0.3) is 0 Å². The first-order valence-corrected chi connectivity index (χ1v) is 15.6. The number of benzene rings is 3. The first-order chi connectivity index (χ1) is 20.1. The molecule has 1 atom stereocenters. The van der Waals surface area contributed by atoms with Crippen LogP contribution in [0.4, 0.5) is 10.1 Å². The highest BCUT2D eigenvalue weighted by Gasteiger charge is 2.34. The predicted molar refractivity (Wildman–Crippen MR) is 160 cm³/mol. The molecule has 1 aliphatic rings. The van der Waals surface area contributed by atoms with Crippen molar-refractivity contribution in [1.82, 2.24) is 10.2 Å². The molecule has 3 aromatic carbocycles. The molecule has 4 rings (SSSR count). The Labute approximate surface area is 247 Å². The Balaban J connectivity index is 1.71. The minimum atomic E-state index is -4.22. The largest absolute Gasteiger partial charge is 0.495 e. The van der Waals surface area contributed by atoms with Gasteiger partial charge in [-0.05, 0) is 74.2 Å². The predicted octanol–water partition coefficient (Wildman–Crippen LogP) is 5.20. The van der Waals surface area contributed by atoms with E-state index in [2.05, 4.69) is 5.32 Å². The van der Waals surface area contributed by atoms with E-state index in [1.165, 1.54) is 36.3 Å². The standard InChI is InChI=1S/C32H38FN3O5S/c1-23-14-19-30(41-3)29(20-23)36(42(39,40)28-12-8-5-9-13-28)22-31(37)35(21-25-15-17-26(33)18-16-25)24(2)32(38)34-27-10-6-4-7-11-27/h5,8-9,12-20,24,27H,4,6-7,10-11,21-22H2,1-3H3,(H,34,38)/t24-/m1/s1. The van der Waals surface area contributed by atoms with Crippen LogP contribution in [0, 0.1) is 12.7 Å². The summed E-state index contributed by atoms with van der Waals surface area (Å²) >= 11 is 0. The van der Waals surface area contributed by atoms with E-state index in [0.29, 0.717) is 5.56 Å². The van der Waals surface area contributed by atoms with Crippen molar-refractivity contribution in [3.8, 4) is 5.75 Å². The lowest BCUT2D eigenvalue weighted by atomic mass is 9.95. The first kappa shape index (κ1) is 31.0. The van der Waals surface area contributed by atoms with E-state index in [0.717, 1.165) is 42.0 Å². The number of methoxy groups -OCH3 is 1. The zero-order valence-electron chi connectivity index (χ0n) is 24.3. The van der Waals surface area contributed by atoms with E-state index in [1.807, 2.05) is 6.92 Å². The van der Waals surface area contributed by atoms with Crippen LogP contribution in [0.3, 0.4) is 0 Å². The van der Waals surface area contributed by atoms with Gasteiger partial charge in [-0.2, -0.15) is 0 Å². The molecule has 0 aromatic heterocycles. The molecule has 0 radical (unpaired) electrons. The van der Waals surface area contributed by atoms with Crippen molar-refractivity contribution in [3.63, 3.8) is 0 Å². The SMILES string of the molecule is COc1ccc(C)cc1N(CC(=O)N(Cc1ccc(F)cc1)[C@H](C)C(=O)NC1CCCCC1)S(=O)(=O)c1ccccc1. The summed E-state index contributed by atoms with van der Waals surface area (Å²) in [4.78, 5) is 28.9. The highest BCUT2D eigenvalue weighted by atomic mass is 32.2. The maximum Gasteiger partial charge on any atom is 0.264 e. The molecule has 1 saturated carbocycles. The molecule has 1 N–H and O–H groups in total. The second kappa shape index (κ2) is 13.8. The van der Waals surface area contributed by atoms with Crippen LogP contribution in [0.15, 0.2) is 77.7 Å². The lowest BCUT2D eigenvalue weighted by molar-refractivity contribution is -0.139. The van der Waals surface area contributed by atoms with Crippen molar-refractivity contribution < 1.29 is 27.1 Å². The number of rotatable bonds is 11. The number of hydrogen-bond donors (Lipinski definition) is 1. The lowest BCUT2D eigenvalue weighted by Gasteiger charge is -2.33. The Bertz CT molecular complexity index is 1480. The van der Waals surface area contributed by atoms with Crippen LogP contribution >= 0.6 is 0 Å². The maximum absolute atomic E-state index is 14.1. The van der Waals surface area contributed by atoms with E-state index in [1.54, 1.807) is 55.5 Å². The zero-order valence-corrected chi connectivity index (χ0v) is 25.1. The molecule has 10 heteroatoms. The topological polar surface area (TPSA) is 96.0 Å². The number of nitrogens with zero attached hydrogens (tertiary/aromatic N) is 2. The third-order valence-corrected chi connectivity index (χ3v) is 9.37. The average molecular weight is 596 g/mol. The second-order valence-corrected chi connectivity index (χ2v) is 12.5. The van der Waals surface area contributed by atoms with Gasteiger partial charge in [0.2, 0.25) is 11.8 Å². The van der Waals surface area contributed by atoms with Crippen molar-refractivity contribution in [2.24, 2.45) is 0 Å². The number of ether oxygens (including phenoxy) is 1. The summed E-state index contributed by atoms with van der Waals surface area (Å²) in [5.41, 5.74) is 1.58. The summed E-state index contributed by atoms with van der Waals surface area (Å²) in [6.07, 6.45) is 4.94. The van der Waals surface area contributed by atoms with Gasteiger partial charge in [0.05, 0.1) is 17.7 Å². The van der Waals surface area contributed by atoms with Crippen LogP contribution in [-0.2, 0) is 26.2 Å². The molecule has 3 aromatic rings. The van der Waals surface area contributed by atoms with Crippen LogP contribution in [-0.4, -0.2) is 50.9 Å². The minimum Gasteiger partial charge on any atom is -0.495 e. The second-order valence-electron chi connectivity index (χ2n) is 10.7. The van der Waals surface area contributed by atoms with Gasteiger partial charge in [-0.25, -0.2) is 12.8 Å². The van der Waals surface area contributed by atoms with Crippen LogP contribution < -0.4 is 14.4 Å². The Morgan fingerprint density at radius 3 is 2.31 bits per heavy atom. The zero-order chi connectivity index (χ0) is 30.3. The molecule has 0 saturated heterocycles. The third-order valence-electron chi connectivity index (χ3n) is 7.60. The number of amides is 2. The summed E-state index contributed by atoms with van der Waals surface area (Å²) in [7, 11) is -2.79. The molecule has 1 fully saturated rings. The van der Waals surface area contributed by atoms with E-state index in [4.69, 9.17) is 4.74 Å². The number of carbonyl (C=O) groups excluding carboxylic acids is 2. The fraction of sp³-hybridized carbons (Fsp3) is 0.375. The Hall–Kier alpha value is -3.92. The fourth-order valence-electron chi connectivity index (χ4n) is 5.17. The van der Waals surface area contributed by atoms with Gasteiger partial charge in [0.1, 0.15) is 24.2 Å². The average Bonchev–Trinajstić information content (AvgIpc) is 3.00. The van der Waals surface area contributed by atoms with Crippen LogP contribution in [0.1, 0.15) is 50.2 Å². The number of nitrogens with one attached hydrogen (secondary N) is 1. The number of halogens is 1. The minimum absolute atomic E-state index is 0.00883. The van der Waals surface area contributed by atoms with Crippen molar-refractivity contribution in [2.45, 2.75) is 69.5 Å². The number of sulfonamides is 1. The molecule has 42 heavy (non-hydrogen) atoms. The molecule has 0 aliphatic heterocycles. The molecule has 2 amide bonds. The molecule has 0 unspecified atom stereocenters. The van der Waals surface area contributed by atoms with Crippen LogP contribution in [0.5, 0.6) is 5.75 Å². The van der Waals surface area contributed by atoms with E-state index < -0.39 is 34.3 Å². The molecule has 1 aliphatic carbocycles. The molecular weight excluding hydrogens is 557 g/mol.